The summed E-state index contributed by atoms with van der Waals surface area (Å²) in [7, 11) is 0. The Morgan fingerprint density at radius 3 is 2.18 bits per heavy atom. The average Bonchev–Trinajstić information content (AvgIpc) is 3.11. The number of aliphatic carboxylic acids is 1. The summed E-state index contributed by atoms with van der Waals surface area (Å²) in [6.45, 7) is 0. The van der Waals surface area contributed by atoms with Gasteiger partial charge in [-0.05, 0) is 24.3 Å². The van der Waals surface area contributed by atoms with Gasteiger partial charge in [-0.1, -0.05) is 18.2 Å². The summed E-state index contributed by atoms with van der Waals surface area (Å²) in [6.07, 6.45) is -5.08. The number of rotatable bonds is 3. The number of halogens is 3. The van der Waals surface area contributed by atoms with Gasteiger partial charge in [0.05, 0.1) is 21.5 Å². The molecule has 0 saturated carbocycles. The number of fused-ring (bicyclic) bond motifs is 3. The van der Waals surface area contributed by atoms with Crippen molar-refractivity contribution >= 4 is 39.5 Å². The van der Waals surface area contributed by atoms with E-state index in [4.69, 9.17) is 21.0 Å². The molecule has 1 amide bonds. The highest BCUT2D eigenvalue weighted by Crippen LogP contribution is 2.27. The van der Waals surface area contributed by atoms with Crippen molar-refractivity contribution in [3.8, 4) is 5.69 Å². The first-order chi connectivity index (χ1) is 15.4. The lowest BCUT2D eigenvalue weighted by atomic mass is 10.1. The lowest BCUT2D eigenvalue weighted by molar-refractivity contribution is -0.384. The molecule has 13 heteroatoms. The third kappa shape index (κ3) is 4.51. The molecular weight excluding hydrogens is 447 g/mol. The van der Waals surface area contributed by atoms with Gasteiger partial charge in [-0.2, -0.15) is 13.2 Å². The molecule has 2 aromatic carbocycles. The first-order valence-electron chi connectivity index (χ1n) is 8.97. The Bertz CT molecular complexity index is 1460. The summed E-state index contributed by atoms with van der Waals surface area (Å²) in [5.74, 6) is -3.47. The van der Waals surface area contributed by atoms with Gasteiger partial charge < -0.3 is 15.8 Å². The van der Waals surface area contributed by atoms with Gasteiger partial charge in [-0.3, -0.25) is 24.9 Å². The number of carboxylic acid groups (broad SMARTS) is 1. The number of nitrogens with two attached hydrogens (primary N) is 1. The SMILES string of the molecule is N=c1c(C(N)=O)cc2[nH]c3ccccc3c2n1-c1ccc([N+](=O)[O-])cc1.O=C(O)C(F)(F)F. The maximum atomic E-state index is 11.8. The Morgan fingerprint density at radius 1 is 1.09 bits per heavy atom. The van der Waals surface area contributed by atoms with Gasteiger partial charge in [0.2, 0.25) is 0 Å². The Labute approximate surface area is 181 Å². The summed E-state index contributed by atoms with van der Waals surface area (Å²) >= 11 is 0. The van der Waals surface area contributed by atoms with E-state index in [2.05, 4.69) is 4.98 Å². The molecule has 4 rings (SSSR count). The zero-order valence-corrected chi connectivity index (χ0v) is 16.4. The summed E-state index contributed by atoms with van der Waals surface area (Å²) in [6, 6.07) is 14.9. The molecule has 2 aromatic heterocycles. The number of H-pyrrole nitrogens is 1. The Kier molecular flexibility index (Phi) is 5.89. The van der Waals surface area contributed by atoms with E-state index in [0.29, 0.717) is 16.7 Å². The van der Waals surface area contributed by atoms with Crippen LogP contribution in [0.2, 0.25) is 0 Å². The van der Waals surface area contributed by atoms with Gasteiger partial charge >= 0.3 is 12.1 Å². The number of carbonyl (C=O) groups is 2. The van der Waals surface area contributed by atoms with Crippen molar-refractivity contribution in [2.24, 2.45) is 5.73 Å². The van der Waals surface area contributed by atoms with E-state index in [1.54, 1.807) is 22.8 Å². The number of aromatic amines is 1. The lowest BCUT2D eigenvalue weighted by Crippen LogP contribution is -2.29. The van der Waals surface area contributed by atoms with Crippen LogP contribution >= 0.6 is 0 Å². The fourth-order valence-electron chi connectivity index (χ4n) is 3.11. The second kappa shape index (κ2) is 8.45. The zero-order chi connectivity index (χ0) is 24.5. The van der Waals surface area contributed by atoms with Crippen LogP contribution in [-0.4, -0.2) is 37.6 Å². The number of para-hydroxylation sites is 1. The molecule has 0 aliphatic rings. The number of nitro benzene ring substituents is 1. The molecule has 0 bridgehead atoms. The summed E-state index contributed by atoms with van der Waals surface area (Å²) in [4.78, 5) is 34.3. The Hall–Kier alpha value is -4.68. The molecule has 0 fully saturated rings. The highest BCUT2D eigenvalue weighted by Gasteiger charge is 2.38. The predicted molar refractivity (Wildman–Crippen MR) is 110 cm³/mol. The predicted octanol–water partition coefficient (Wildman–Crippen LogP) is 3.23. The number of carboxylic acids is 1. The smallest absolute Gasteiger partial charge is 0.475 e. The van der Waals surface area contributed by atoms with E-state index in [0.717, 1.165) is 10.9 Å². The molecule has 4 aromatic rings. The van der Waals surface area contributed by atoms with Crippen LogP contribution in [0.15, 0.2) is 54.6 Å². The molecule has 33 heavy (non-hydrogen) atoms. The standard InChI is InChI=1S/C18H13N5O3.C2HF3O2/c19-17-13(18(20)24)9-15-16(12-3-1-2-4-14(12)21-15)22(17)10-5-7-11(8-6-10)23(25)26;3-2(4,5)1(6)7/h1-9,19,21H,(H2,20,24);(H,6,7). The second-order valence-corrected chi connectivity index (χ2v) is 6.62. The van der Waals surface area contributed by atoms with Gasteiger partial charge in [0.25, 0.3) is 11.6 Å². The van der Waals surface area contributed by atoms with E-state index >= 15 is 0 Å². The minimum Gasteiger partial charge on any atom is -0.475 e. The number of carbonyl (C=O) groups excluding carboxylic acids is 1. The molecule has 10 nitrogen and oxygen atoms in total. The maximum absolute atomic E-state index is 11.8. The van der Waals surface area contributed by atoms with E-state index < -0.39 is 23.0 Å². The normalized spacial score (nSPS) is 11.1. The molecular formula is C20H14F3N5O5. The van der Waals surface area contributed by atoms with Crippen molar-refractivity contribution in [3.05, 3.63) is 75.8 Å². The number of benzene rings is 2. The number of pyridine rings is 1. The number of non-ortho nitro benzene ring substituents is 1. The van der Waals surface area contributed by atoms with Crippen LogP contribution in [0.25, 0.3) is 27.6 Å². The van der Waals surface area contributed by atoms with Crippen molar-refractivity contribution in [1.29, 1.82) is 5.41 Å². The number of nitrogens with zero attached hydrogens (tertiary/aromatic N) is 2. The van der Waals surface area contributed by atoms with E-state index in [9.17, 15) is 28.1 Å². The van der Waals surface area contributed by atoms with Crippen LogP contribution in [0, 0.1) is 15.5 Å². The number of hydrogen-bond acceptors (Lipinski definition) is 5. The number of hydrogen-bond donors (Lipinski definition) is 4. The summed E-state index contributed by atoms with van der Waals surface area (Å²) < 4.78 is 33.3. The third-order valence-corrected chi connectivity index (χ3v) is 4.52. The molecule has 0 atom stereocenters. The third-order valence-electron chi connectivity index (χ3n) is 4.52. The Morgan fingerprint density at radius 2 is 1.67 bits per heavy atom. The molecule has 0 aliphatic heterocycles. The van der Waals surface area contributed by atoms with Crippen LogP contribution in [-0.2, 0) is 4.79 Å². The molecule has 0 aliphatic carbocycles. The topological polar surface area (TPSA) is 168 Å². The number of primary amides is 1. The van der Waals surface area contributed by atoms with Crippen molar-refractivity contribution in [1.82, 2.24) is 9.55 Å². The lowest BCUT2D eigenvalue weighted by Gasteiger charge is -2.12. The van der Waals surface area contributed by atoms with Gasteiger partial charge in [-0.15, -0.1) is 0 Å². The minimum atomic E-state index is -5.08. The Balaban J connectivity index is 0.000000383. The van der Waals surface area contributed by atoms with E-state index in [1.165, 1.54) is 12.1 Å². The quantitative estimate of drug-likeness (QED) is 0.271. The first-order valence-corrected chi connectivity index (χ1v) is 8.97. The second-order valence-electron chi connectivity index (χ2n) is 6.62. The molecule has 0 radical (unpaired) electrons. The van der Waals surface area contributed by atoms with E-state index in [1.807, 2.05) is 24.3 Å². The molecule has 0 saturated heterocycles. The fraction of sp³-hybridized carbons (Fsp3) is 0.0500. The molecule has 0 unspecified atom stereocenters. The van der Waals surface area contributed by atoms with Crippen molar-refractivity contribution in [2.45, 2.75) is 6.18 Å². The largest absolute Gasteiger partial charge is 0.490 e. The minimum absolute atomic E-state index is 0.0536. The average molecular weight is 461 g/mol. The van der Waals surface area contributed by atoms with Crippen molar-refractivity contribution in [3.63, 3.8) is 0 Å². The molecule has 170 valence electrons. The number of nitrogens with one attached hydrogen (secondary N) is 2. The van der Waals surface area contributed by atoms with Gasteiger partial charge in [0.15, 0.2) is 0 Å². The van der Waals surface area contributed by atoms with Crippen LogP contribution < -0.4 is 11.2 Å². The van der Waals surface area contributed by atoms with Crippen LogP contribution in [0.4, 0.5) is 18.9 Å². The van der Waals surface area contributed by atoms with Crippen LogP contribution in [0.1, 0.15) is 10.4 Å². The maximum Gasteiger partial charge on any atom is 0.490 e. The number of amides is 1. The van der Waals surface area contributed by atoms with Crippen LogP contribution in [0.5, 0.6) is 0 Å². The number of alkyl halides is 3. The zero-order valence-electron chi connectivity index (χ0n) is 16.4. The molecule has 2 heterocycles. The summed E-state index contributed by atoms with van der Waals surface area (Å²) in [5.41, 5.74) is 8.08. The molecule has 5 N–H and O–H groups in total. The van der Waals surface area contributed by atoms with Crippen molar-refractivity contribution in [2.75, 3.05) is 0 Å². The summed E-state index contributed by atoms with van der Waals surface area (Å²) in [5, 5.41) is 27.4. The van der Waals surface area contributed by atoms with Gasteiger partial charge in [-0.25, -0.2) is 4.79 Å². The van der Waals surface area contributed by atoms with Gasteiger partial charge in [0, 0.05) is 28.7 Å². The van der Waals surface area contributed by atoms with Gasteiger partial charge in [0.1, 0.15) is 5.49 Å². The number of aromatic nitrogens is 2. The molecule has 0 spiro atoms. The highest BCUT2D eigenvalue weighted by atomic mass is 19.4. The number of nitro groups is 1. The first kappa shape index (κ1) is 23.0. The van der Waals surface area contributed by atoms with E-state index in [-0.39, 0.29) is 16.7 Å². The van der Waals surface area contributed by atoms with Crippen LogP contribution in [0.3, 0.4) is 0 Å². The fourth-order valence-corrected chi connectivity index (χ4v) is 3.11. The monoisotopic (exact) mass is 461 g/mol. The van der Waals surface area contributed by atoms with Crippen molar-refractivity contribution < 1.29 is 32.8 Å². The highest BCUT2D eigenvalue weighted by molar-refractivity contribution is 6.07.